The van der Waals surface area contributed by atoms with Crippen molar-refractivity contribution in [2.24, 2.45) is 0 Å². The highest BCUT2D eigenvalue weighted by molar-refractivity contribution is 7.18. The van der Waals surface area contributed by atoms with Gasteiger partial charge in [-0.05, 0) is 39.2 Å². The second-order valence-electron chi connectivity index (χ2n) is 8.39. The molecule has 0 bridgehead atoms. The molecule has 2 N–H and O–H groups in total. The van der Waals surface area contributed by atoms with Gasteiger partial charge in [0, 0.05) is 32.2 Å². The van der Waals surface area contributed by atoms with E-state index < -0.39 is 18.0 Å². The van der Waals surface area contributed by atoms with Gasteiger partial charge in [0.1, 0.15) is 9.88 Å². The standard InChI is InChI=1S/C23H34N4O6S/c1-4-32-20(28)17-15(3)18(21(29)33-5-2)34-19(17)25-23(31)27-13-11-26(12-14-27)22(30)24-16-9-7-6-8-10-16/h16H,4-14H2,1-3H3,(H,24,30)(H,25,31). The Balaban J connectivity index is 1.62. The topological polar surface area (TPSA) is 117 Å². The highest BCUT2D eigenvalue weighted by atomic mass is 32.1. The van der Waals surface area contributed by atoms with Gasteiger partial charge in [-0.25, -0.2) is 19.2 Å². The molecule has 4 amide bonds. The minimum atomic E-state index is -0.605. The molecule has 34 heavy (non-hydrogen) atoms. The quantitative estimate of drug-likeness (QED) is 0.584. The fraction of sp³-hybridized carbons (Fsp3) is 0.652. The number of urea groups is 2. The first-order valence-corrected chi connectivity index (χ1v) is 12.8. The zero-order valence-electron chi connectivity index (χ0n) is 20.1. The molecule has 3 rings (SSSR count). The number of carbonyl (C=O) groups excluding carboxylic acids is 4. The third kappa shape index (κ3) is 6.19. The van der Waals surface area contributed by atoms with Gasteiger partial charge < -0.3 is 24.6 Å². The molecule has 1 saturated heterocycles. The van der Waals surface area contributed by atoms with E-state index in [1.54, 1.807) is 30.6 Å². The lowest BCUT2D eigenvalue weighted by molar-refractivity contribution is 0.0527. The van der Waals surface area contributed by atoms with Crippen molar-refractivity contribution in [1.82, 2.24) is 15.1 Å². The average Bonchev–Trinajstić information content (AvgIpc) is 3.15. The van der Waals surface area contributed by atoms with Gasteiger partial charge in [-0.3, -0.25) is 5.32 Å². The Morgan fingerprint density at radius 2 is 1.44 bits per heavy atom. The van der Waals surface area contributed by atoms with Crippen molar-refractivity contribution in [2.45, 2.75) is 58.9 Å². The van der Waals surface area contributed by atoms with E-state index in [-0.39, 0.29) is 40.7 Å². The lowest BCUT2D eigenvalue weighted by Gasteiger charge is -2.35. The Morgan fingerprint density at radius 1 is 0.882 bits per heavy atom. The van der Waals surface area contributed by atoms with Crippen molar-refractivity contribution in [3.05, 3.63) is 16.0 Å². The van der Waals surface area contributed by atoms with Crippen molar-refractivity contribution in [2.75, 3.05) is 44.7 Å². The van der Waals surface area contributed by atoms with Crippen LogP contribution in [0.25, 0.3) is 0 Å². The molecule has 10 nitrogen and oxygen atoms in total. The number of piperazine rings is 1. The molecule has 1 aromatic heterocycles. The summed E-state index contributed by atoms with van der Waals surface area (Å²) in [6.45, 7) is 6.98. The maximum Gasteiger partial charge on any atom is 0.348 e. The number of amides is 4. The fourth-order valence-electron chi connectivity index (χ4n) is 4.24. The third-order valence-electron chi connectivity index (χ3n) is 6.09. The third-order valence-corrected chi connectivity index (χ3v) is 7.28. The molecule has 0 atom stereocenters. The van der Waals surface area contributed by atoms with Gasteiger partial charge >= 0.3 is 24.0 Å². The lowest BCUT2D eigenvalue weighted by Crippen LogP contribution is -2.55. The first kappa shape index (κ1) is 25.8. The summed E-state index contributed by atoms with van der Waals surface area (Å²) in [6.07, 6.45) is 5.55. The Bertz CT molecular complexity index is 904. The van der Waals surface area contributed by atoms with Gasteiger partial charge in [-0.1, -0.05) is 19.3 Å². The van der Waals surface area contributed by atoms with Crippen LogP contribution in [0.5, 0.6) is 0 Å². The molecule has 11 heteroatoms. The average molecular weight is 495 g/mol. The van der Waals surface area contributed by atoms with Gasteiger partial charge in [0.05, 0.1) is 18.8 Å². The van der Waals surface area contributed by atoms with Crippen LogP contribution in [-0.2, 0) is 9.47 Å². The summed E-state index contributed by atoms with van der Waals surface area (Å²) < 4.78 is 10.2. The molecule has 0 aromatic carbocycles. The molecule has 2 aliphatic rings. The van der Waals surface area contributed by atoms with Crippen LogP contribution in [0.3, 0.4) is 0 Å². The van der Waals surface area contributed by atoms with Crippen molar-refractivity contribution >= 4 is 40.3 Å². The smallest absolute Gasteiger partial charge is 0.348 e. The Morgan fingerprint density at radius 3 is 2.03 bits per heavy atom. The fourth-order valence-corrected chi connectivity index (χ4v) is 5.32. The van der Waals surface area contributed by atoms with Crippen LogP contribution in [0.1, 0.15) is 71.5 Å². The molecule has 2 fully saturated rings. The van der Waals surface area contributed by atoms with Crippen molar-refractivity contribution in [3.8, 4) is 0 Å². The Hall–Kier alpha value is -2.82. The Labute approximate surface area is 203 Å². The minimum Gasteiger partial charge on any atom is -0.462 e. The summed E-state index contributed by atoms with van der Waals surface area (Å²) in [5.41, 5.74) is 0.579. The number of carbonyl (C=O) groups is 4. The number of nitrogens with zero attached hydrogens (tertiary/aromatic N) is 2. The number of hydrogen-bond acceptors (Lipinski definition) is 7. The minimum absolute atomic E-state index is 0.0792. The van der Waals surface area contributed by atoms with Gasteiger partial charge in [-0.2, -0.15) is 0 Å². The van der Waals surface area contributed by atoms with Gasteiger partial charge in [0.25, 0.3) is 0 Å². The maximum absolute atomic E-state index is 12.9. The molecule has 1 aromatic rings. The van der Waals surface area contributed by atoms with E-state index in [0.29, 0.717) is 31.7 Å². The number of ether oxygens (including phenoxy) is 2. The maximum atomic E-state index is 12.9. The van der Waals surface area contributed by atoms with E-state index >= 15 is 0 Å². The van der Waals surface area contributed by atoms with E-state index in [1.165, 1.54) is 6.42 Å². The van der Waals surface area contributed by atoms with Crippen LogP contribution in [-0.4, -0.2) is 79.2 Å². The van der Waals surface area contributed by atoms with Gasteiger partial charge in [0.2, 0.25) is 0 Å². The number of esters is 2. The van der Waals surface area contributed by atoms with E-state index in [4.69, 9.17) is 9.47 Å². The molecule has 188 valence electrons. The normalized spacial score (nSPS) is 16.7. The highest BCUT2D eigenvalue weighted by Gasteiger charge is 2.30. The summed E-state index contributed by atoms with van der Waals surface area (Å²) >= 11 is 0.997. The molecule has 0 unspecified atom stereocenters. The monoisotopic (exact) mass is 494 g/mol. The summed E-state index contributed by atoms with van der Waals surface area (Å²) in [4.78, 5) is 53.9. The first-order chi connectivity index (χ1) is 16.3. The van der Waals surface area contributed by atoms with Crippen molar-refractivity contribution < 1.29 is 28.7 Å². The number of rotatable bonds is 6. The van der Waals surface area contributed by atoms with Crippen LogP contribution < -0.4 is 10.6 Å². The van der Waals surface area contributed by atoms with E-state index in [1.807, 2.05) is 0 Å². The number of hydrogen-bond donors (Lipinski definition) is 2. The zero-order valence-corrected chi connectivity index (χ0v) is 20.9. The van der Waals surface area contributed by atoms with E-state index in [9.17, 15) is 19.2 Å². The van der Waals surface area contributed by atoms with Crippen LogP contribution >= 0.6 is 11.3 Å². The molecule has 1 aliphatic carbocycles. The molecular formula is C23H34N4O6S. The summed E-state index contributed by atoms with van der Waals surface area (Å²) in [5.74, 6) is -1.15. The summed E-state index contributed by atoms with van der Waals surface area (Å²) in [6, 6.07) is -0.237. The number of thiophene rings is 1. The zero-order chi connectivity index (χ0) is 24.7. The molecule has 1 saturated carbocycles. The summed E-state index contributed by atoms with van der Waals surface area (Å²) in [5, 5.41) is 6.13. The SMILES string of the molecule is CCOC(=O)c1sc(NC(=O)N2CCN(C(=O)NC3CCCCC3)CC2)c(C(=O)OCC)c1C. The second kappa shape index (κ2) is 12.0. The van der Waals surface area contributed by atoms with Crippen LogP contribution in [0.2, 0.25) is 0 Å². The van der Waals surface area contributed by atoms with Gasteiger partial charge in [-0.15, -0.1) is 11.3 Å². The van der Waals surface area contributed by atoms with Crippen LogP contribution in [0.15, 0.2) is 0 Å². The first-order valence-electron chi connectivity index (χ1n) is 11.9. The predicted octanol–water partition coefficient (Wildman–Crippen LogP) is 3.60. The molecule has 2 heterocycles. The number of nitrogens with one attached hydrogen (secondary N) is 2. The Kier molecular flexibility index (Phi) is 9.14. The van der Waals surface area contributed by atoms with Crippen molar-refractivity contribution in [3.63, 3.8) is 0 Å². The molecule has 0 radical (unpaired) electrons. The van der Waals surface area contributed by atoms with Crippen LogP contribution in [0.4, 0.5) is 14.6 Å². The predicted molar refractivity (Wildman–Crippen MR) is 129 cm³/mol. The largest absolute Gasteiger partial charge is 0.462 e. The highest BCUT2D eigenvalue weighted by Crippen LogP contribution is 2.34. The van der Waals surface area contributed by atoms with Crippen molar-refractivity contribution in [1.29, 1.82) is 0 Å². The van der Waals surface area contributed by atoms with Crippen LogP contribution in [0, 0.1) is 6.92 Å². The van der Waals surface area contributed by atoms with Gasteiger partial charge in [0.15, 0.2) is 0 Å². The summed E-state index contributed by atoms with van der Waals surface area (Å²) in [7, 11) is 0. The molecule has 1 aliphatic heterocycles. The van der Waals surface area contributed by atoms with E-state index in [0.717, 1.165) is 37.0 Å². The number of anilines is 1. The lowest BCUT2D eigenvalue weighted by atomic mass is 9.96. The molecule has 0 spiro atoms. The van der Waals surface area contributed by atoms with E-state index in [2.05, 4.69) is 10.6 Å². The molecular weight excluding hydrogens is 460 g/mol. The second-order valence-corrected chi connectivity index (χ2v) is 9.41.